The molecule has 6 nitrogen and oxygen atoms in total. The highest BCUT2D eigenvalue weighted by Crippen LogP contribution is 2.24. The Labute approximate surface area is 102 Å². The van der Waals surface area contributed by atoms with Gasteiger partial charge in [-0.05, 0) is 6.42 Å². The van der Waals surface area contributed by atoms with Gasteiger partial charge >= 0.3 is 5.97 Å². The van der Waals surface area contributed by atoms with Gasteiger partial charge in [0.2, 0.25) is 0 Å². The second-order valence-corrected chi connectivity index (χ2v) is 4.81. The summed E-state index contributed by atoms with van der Waals surface area (Å²) in [5.74, 6) is -1.37. The summed E-state index contributed by atoms with van der Waals surface area (Å²) in [5, 5.41) is 26.4. The average Bonchev–Trinajstić information content (AvgIpc) is 2.53. The van der Waals surface area contributed by atoms with Crippen molar-refractivity contribution in [3.8, 4) is 11.8 Å². The van der Waals surface area contributed by atoms with Gasteiger partial charge < -0.3 is 15.3 Å². The molecule has 0 saturated carbocycles. The number of rotatable bonds is 5. The van der Waals surface area contributed by atoms with Crippen LogP contribution in [0.3, 0.4) is 0 Å². The first-order valence-electron chi connectivity index (χ1n) is 4.89. The van der Waals surface area contributed by atoms with Crippen molar-refractivity contribution in [2.24, 2.45) is 0 Å². The number of hydrogen-bond acceptors (Lipinski definition) is 5. The smallest absolute Gasteiger partial charge is 0.317 e. The van der Waals surface area contributed by atoms with Gasteiger partial charge in [-0.3, -0.25) is 14.2 Å². The first-order chi connectivity index (χ1) is 7.91. The van der Waals surface area contributed by atoms with Gasteiger partial charge in [-0.1, -0.05) is 11.8 Å². The number of carboxylic acids is 1. The molecule has 0 fully saturated rings. The molecule has 1 rings (SSSR count). The number of hydrogen-bond donors (Lipinski definition) is 3. The zero-order valence-corrected chi connectivity index (χ0v) is 9.98. The molecule has 0 bridgehead atoms. The fraction of sp³-hybridized carbons (Fsp3) is 0.400. The molecule has 0 aromatic carbocycles. The first-order valence-corrected chi connectivity index (χ1v) is 5.77. The Kier molecular flexibility index (Phi) is 4.45. The molecule has 1 atom stereocenters. The van der Waals surface area contributed by atoms with Crippen molar-refractivity contribution < 1.29 is 24.9 Å². The van der Waals surface area contributed by atoms with Crippen molar-refractivity contribution in [3.05, 3.63) is 12.1 Å². The van der Waals surface area contributed by atoms with Crippen LogP contribution in [-0.4, -0.2) is 36.2 Å². The molecule has 1 aromatic heterocycles. The number of nitrogens with zero attached hydrogens (tertiary/aromatic N) is 1. The van der Waals surface area contributed by atoms with Crippen LogP contribution in [0.1, 0.15) is 13.3 Å². The van der Waals surface area contributed by atoms with Crippen molar-refractivity contribution in [1.29, 1.82) is 0 Å². The monoisotopic (exact) mass is 259 g/mol. The Morgan fingerprint density at radius 3 is 2.29 bits per heavy atom. The van der Waals surface area contributed by atoms with Gasteiger partial charge in [0.15, 0.2) is 16.9 Å². The number of aliphatic carboxylic acids is 1. The highest BCUT2D eigenvalue weighted by atomic mass is 32.2. The van der Waals surface area contributed by atoms with E-state index in [1.807, 2.05) is 0 Å². The van der Waals surface area contributed by atoms with Gasteiger partial charge in [0.05, 0.1) is 0 Å². The fourth-order valence-electron chi connectivity index (χ4n) is 1.35. The third-order valence-corrected chi connectivity index (χ3v) is 3.19. The lowest BCUT2D eigenvalue weighted by atomic mass is 10.3. The Balaban J connectivity index is 2.64. The van der Waals surface area contributed by atoms with Gasteiger partial charge in [-0.15, -0.1) is 0 Å². The second-order valence-electron chi connectivity index (χ2n) is 3.43. The van der Waals surface area contributed by atoms with E-state index >= 15 is 0 Å². The summed E-state index contributed by atoms with van der Waals surface area (Å²) < 4.78 is 1.18. The van der Waals surface area contributed by atoms with E-state index in [4.69, 9.17) is 5.11 Å². The van der Waals surface area contributed by atoms with Gasteiger partial charge in [0.1, 0.15) is 5.25 Å². The van der Waals surface area contributed by atoms with Crippen LogP contribution in [-0.2, 0) is 16.1 Å². The van der Waals surface area contributed by atoms with Crippen molar-refractivity contribution in [2.45, 2.75) is 25.1 Å². The molecule has 7 heteroatoms. The summed E-state index contributed by atoms with van der Waals surface area (Å²) in [5.41, 5.74) is 0. The molecule has 0 saturated heterocycles. The normalized spacial score (nSPS) is 12.3. The lowest BCUT2D eigenvalue weighted by Gasteiger charge is -2.11. The minimum atomic E-state index is -1.09. The molecule has 1 aromatic rings. The summed E-state index contributed by atoms with van der Waals surface area (Å²) in [6, 6.07) is 2.62. The Morgan fingerprint density at radius 2 is 1.88 bits per heavy atom. The van der Waals surface area contributed by atoms with Gasteiger partial charge in [-0.25, -0.2) is 0 Å². The fourth-order valence-corrected chi connectivity index (χ4v) is 2.08. The minimum absolute atomic E-state index is 0.127. The Bertz CT molecular complexity index is 409. The van der Waals surface area contributed by atoms with Gasteiger partial charge in [0.25, 0.3) is 0 Å². The summed E-state index contributed by atoms with van der Waals surface area (Å²) in [6.45, 7) is 1.42. The van der Waals surface area contributed by atoms with Crippen LogP contribution in [0.25, 0.3) is 0 Å². The third kappa shape index (κ3) is 3.70. The highest BCUT2D eigenvalue weighted by molar-refractivity contribution is 8.14. The van der Waals surface area contributed by atoms with E-state index in [1.54, 1.807) is 0 Å². The summed E-state index contributed by atoms with van der Waals surface area (Å²) in [7, 11) is 0. The maximum atomic E-state index is 10.9. The zero-order chi connectivity index (χ0) is 13.0. The Hall–Kier alpha value is -1.63. The molecular weight excluding hydrogens is 246 g/mol. The van der Waals surface area contributed by atoms with Crippen LogP contribution >= 0.6 is 11.8 Å². The van der Waals surface area contributed by atoms with E-state index in [-0.39, 0.29) is 29.8 Å². The van der Waals surface area contributed by atoms with Crippen molar-refractivity contribution in [2.75, 3.05) is 0 Å². The van der Waals surface area contributed by atoms with E-state index in [9.17, 15) is 19.8 Å². The molecule has 0 amide bonds. The number of carboxylic acid groups (broad SMARTS) is 1. The number of aromatic nitrogens is 1. The predicted octanol–water partition coefficient (Wildman–Crippen LogP) is 1.02. The number of carbonyl (C=O) groups is 2. The minimum Gasteiger partial charge on any atom is -0.494 e. The molecule has 0 aliphatic rings. The molecule has 0 spiro atoms. The Morgan fingerprint density at radius 1 is 1.35 bits per heavy atom. The largest absolute Gasteiger partial charge is 0.494 e. The van der Waals surface area contributed by atoms with Crippen molar-refractivity contribution in [1.82, 2.24) is 4.57 Å². The van der Waals surface area contributed by atoms with E-state index in [2.05, 4.69) is 0 Å². The van der Waals surface area contributed by atoms with Gasteiger partial charge in [0, 0.05) is 25.6 Å². The van der Waals surface area contributed by atoms with Crippen molar-refractivity contribution in [3.63, 3.8) is 0 Å². The van der Waals surface area contributed by atoms with Gasteiger partial charge in [-0.2, -0.15) is 0 Å². The average molecular weight is 259 g/mol. The van der Waals surface area contributed by atoms with E-state index in [1.165, 1.54) is 23.6 Å². The highest BCUT2D eigenvalue weighted by Gasteiger charge is 2.21. The maximum absolute atomic E-state index is 10.9. The van der Waals surface area contributed by atoms with E-state index < -0.39 is 11.2 Å². The van der Waals surface area contributed by atoms with Crippen molar-refractivity contribution >= 4 is 22.8 Å². The molecule has 94 valence electrons. The summed E-state index contributed by atoms with van der Waals surface area (Å²) in [4.78, 5) is 21.7. The van der Waals surface area contributed by atoms with Crippen LogP contribution < -0.4 is 0 Å². The molecule has 0 aliphatic heterocycles. The summed E-state index contributed by atoms with van der Waals surface area (Å²) >= 11 is 0.726. The molecule has 0 radical (unpaired) electrons. The molecule has 17 heavy (non-hydrogen) atoms. The number of thioether (sulfide) groups is 1. The van der Waals surface area contributed by atoms with Crippen LogP contribution in [0.2, 0.25) is 0 Å². The quantitative estimate of drug-likeness (QED) is 0.730. The number of carbonyl (C=O) groups excluding carboxylic acids is 1. The molecular formula is C10H13NO5S. The standard InChI is InChI=1S/C10H13NO5S/c1-6(12)17-7(10(15)16)4-5-11-8(13)2-3-9(11)14/h2-3,7,13-14H,4-5H2,1H3,(H,15,16). The first kappa shape index (κ1) is 13.4. The third-order valence-electron chi connectivity index (χ3n) is 2.13. The van der Waals surface area contributed by atoms with Crippen LogP contribution in [0.5, 0.6) is 11.8 Å². The molecule has 1 unspecified atom stereocenters. The lowest BCUT2D eigenvalue weighted by Crippen LogP contribution is -2.20. The molecule has 1 heterocycles. The lowest BCUT2D eigenvalue weighted by molar-refractivity contribution is -0.136. The SMILES string of the molecule is CC(=O)SC(CCn1c(O)ccc1O)C(=O)O. The molecule has 3 N–H and O–H groups in total. The van der Waals surface area contributed by atoms with E-state index in [0.717, 1.165) is 11.8 Å². The summed E-state index contributed by atoms with van der Waals surface area (Å²) in [6.07, 6.45) is 0.134. The predicted molar refractivity (Wildman–Crippen MR) is 62.1 cm³/mol. The second kappa shape index (κ2) is 5.62. The zero-order valence-electron chi connectivity index (χ0n) is 9.16. The van der Waals surface area contributed by atoms with Crippen LogP contribution in [0.4, 0.5) is 0 Å². The maximum Gasteiger partial charge on any atom is 0.317 e. The topological polar surface area (TPSA) is 99.8 Å². The van der Waals surface area contributed by atoms with Crippen LogP contribution in [0, 0.1) is 0 Å². The van der Waals surface area contributed by atoms with Crippen LogP contribution in [0.15, 0.2) is 12.1 Å². The van der Waals surface area contributed by atoms with E-state index in [0.29, 0.717) is 0 Å². The molecule has 0 aliphatic carbocycles. The number of aromatic hydroxyl groups is 2.